The number of amides is 2. The highest BCUT2D eigenvalue weighted by atomic mass is 79.9. The van der Waals surface area contributed by atoms with Crippen LogP contribution in [0.2, 0.25) is 0 Å². The van der Waals surface area contributed by atoms with Gasteiger partial charge in [-0.25, -0.2) is 9.69 Å². The maximum absolute atomic E-state index is 13.5. The zero-order valence-electron chi connectivity index (χ0n) is 15.9. The van der Waals surface area contributed by atoms with Crippen LogP contribution in [0.4, 0.5) is 4.79 Å². The van der Waals surface area contributed by atoms with Gasteiger partial charge in [-0.1, -0.05) is 58.4 Å². The summed E-state index contributed by atoms with van der Waals surface area (Å²) in [6.45, 7) is 0.202. The second-order valence-electron chi connectivity index (χ2n) is 7.67. The Morgan fingerprint density at radius 3 is 2.52 bits per heavy atom. The molecular formula is C23H22BrNO4. The highest BCUT2D eigenvalue weighted by Crippen LogP contribution is 2.39. The average Bonchev–Trinajstić information content (AvgIpc) is 3.09. The molecule has 0 N–H and O–H groups in total. The molecule has 5 nitrogen and oxygen atoms in total. The number of halogens is 1. The molecule has 0 bridgehead atoms. The van der Waals surface area contributed by atoms with Crippen molar-refractivity contribution in [2.24, 2.45) is 5.92 Å². The second kappa shape index (κ2) is 8.49. The Morgan fingerprint density at radius 1 is 1.07 bits per heavy atom. The Labute approximate surface area is 178 Å². The number of ether oxygens (including phenoxy) is 1. The normalized spacial score (nSPS) is 24.4. The van der Waals surface area contributed by atoms with Gasteiger partial charge >= 0.3 is 6.09 Å². The van der Waals surface area contributed by atoms with Gasteiger partial charge in [0.2, 0.25) is 5.91 Å². The van der Waals surface area contributed by atoms with Crippen LogP contribution >= 0.6 is 15.9 Å². The van der Waals surface area contributed by atoms with Gasteiger partial charge in [-0.2, -0.15) is 0 Å². The van der Waals surface area contributed by atoms with Crippen molar-refractivity contribution in [3.8, 4) is 0 Å². The predicted octanol–water partition coefficient (Wildman–Crippen LogP) is 4.49. The molecule has 1 heterocycles. The quantitative estimate of drug-likeness (QED) is 0.680. The van der Waals surface area contributed by atoms with Crippen LogP contribution in [-0.2, 0) is 20.7 Å². The molecule has 0 aromatic heterocycles. The second-order valence-corrected chi connectivity index (χ2v) is 8.59. The number of cyclic esters (lactones) is 1. The summed E-state index contributed by atoms with van der Waals surface area (Å²) in [5.74, 6) is -0.693. The minimum absolute atomic E-state index is 0.159. The van der Waals surface area contributed by atoms with Crippen molar-refractivity contribution in [2.45, 2.75) is 37.6 Å². The fourth-order valence-electron chi connectivity index (χ4n) is 4.31. The van der Waals surface area contributed by atoms with E-state index in [2.05, 4.69) is 15.9 Å². The van der Waals surface area contributed by atoms with E-state index in [1.54, 1.807) is 0 Å². The molecule has 1 aliphatic carbocycles. The first-order valence-corrected chi connectivity index (χ1v) is 10.6. The molecule has 1 unspecified atom stereocenters. The van der Waals surface area contributed by atoms with Gasteiger partial charge in [0, 0.05) is 29.2 Å². The molecule has 2 amide bonds. The van der Waals surface area contributed by atoms with Crippen LogP contribution in [0.5, 0.6) is 0 Å². The summed E-state index contributed by atoms with van der Waals surface area (Å²) in [5.41, 5.74) is 2.00. The largest absolute Gasteiger partial charge is 0.447 e. The lowest BCUT2D eigenvalue weighted by molar-refractivity contribution is -0.136. The van der Waals surface area contributed by atoms with Crippen LogP contribution in [0, 0.1) is 5.92 Å². The fourth-order valence-corrected chi connectivity index (χ4v) is 4.57. The molecular weight excluding hydrogens is 434 g/mol. The maximum atomic E-state index is 13.5. The predicted molar refractivity (Wildman–Crippen MR) is 111 cm³/mol. The first kappa shape index (κ1) is 19.8. The Morgan fingerprint density at radius 2 is 1.79 bits per heavy atom. The van der Waals surface area contributed by atoms with Gasteiger partial charge in [-0.05, 0) is 36.1 Å². The number of hydrogen-bond acceptors (Lipinski definition) is 4. The standard InChI is InChI=1S/C23H22BrNO4/c24-17-8-6-16(7-9-17)21-13-19(26)10-11-20(21)22(27)25-18(14-29-23(25)28)12-15-4-2-1-3-5-15/h1-9,18,20-21H,10-14H2/t18?,20-,21+/m1/s1. The lowest BCUT2D eigenvalue weighted by Gasteiger charge is -2.33. The van der Waals surface area contributed by atoms with Crippen molar-refractivity contribution in [1.82, 2.24) is 4.90 Å². The third-order valence-corrected chi connectivity index (χ3v) is 6.32. The topological polar surface area (TPSA) is 63.7 Å². The third kappa shape index (κ3) is 4.27. The number of carbonyl (C=O) groups is 3. The van der Waals surface area contributed by atoms with Crippen LogP contribution in [-0.4, -0.2) is 35.3 Å². The van der Waals surface area contributed by atoms with E-state index in [0.717, 1.165) is 15.6 Å². The molecule has 150 valence electrons. The lowest BCUT2D eigenvalue weighted by atomic mass is 9.74. The number of nitrogens with zero attached hydrogens (tertiary/aromatic N) is 1. The molecule has 1 aliphatic heterocycles. The van der Waals surface area contributed by atoms with Crippen molar-refractivity contribution < 1.29 is 19.1 Å². The Kier molecular flexibility index (Phi) is 5.81. The van der Waals surface area contributed by atoms with E-state index in [1.165, 1.54) is 4.90 Å². The van der Waals surface area contributed by atoms with Gasteiger partial charge < -0.3 is 4.74 Å². The van der Waals surface area contributed by atoms with E-state index in [4.69, 9.17) is 4.74 Å². The summed E-state index contributed by atoms with van der Waals surface area (Å²) < 4.78 is 6.18. The van der Waals surface area contributed by atoms with Gasteiger partial charge in [0.1, 0.15) is 12.4 Å². The summed E-state index contributed by atoms with van der Waals surface area (Å²) in [6.07, 6.45) is 1.13. The van der Waals surface area contributed by atoms with Crippen LogP contribution < -0.4 is 0 Å². The van der Waals surface area contributed by atoms with Gasteiger partial charge in [0.05, 0.1) is 6.04 Å². The van der Waals surface area contributed by atoms with Gasteiger partial charge in [0.25, 0.3) is 0 Å². The van der Waals surface area contributed by atoms with Crippen molar-refractivity contribution in [1.29, 1.82) is 0 Å². The zero-order chi connectivity index (χ0) is 20.4. The van der Waals surface area contributed by atoms with E-state index in [1.807, 2.05) is 54.6 Å². The van der Waals surface area contributed by atoms with Crippen molar-refractivity contribution in [2.75, 3.05) is 6.61 Å². The minimum atomic E-state index is -0.581. The number of benzene rings is 2. The molecule has 0 radical (unpaired) electrons. The van der Waals surface area contributed by atoms with E-state index in [0.29, 0.717) is 25.7 Å². The van der Waals surface area contributed by atoms with E-state index in [-0.39, 0.29) is 30.3 Å². The summed E-state index contributed by atoms with van der Waals surface area (Å²) >= 11 is 3.42. The van der Waals surface area contributed by atoms with Crippen LogP contribution in [0.3, 0.4) is 0 Å². The molecule has 4 rings (SSSR count). The summed E-state index contributed by atoms with van der Waals surface area (Å²) in [4.78, 5) is 39.3. The molecule has 0 spiro atoms. The number of Topliss-reactive ketones (excluding diaryl/α,β-unsaturated/α-hetero) is 1. The molecule has 6 heteroatoms. The summed E-state index contributed by atoms with van der Waals surface area (Å²) in [7, 11) is 0. The minimum Gasteiger partial charge on any atom is -0.447 e. The van der Waals surface area contributed by atoms with Crippen LogP contribution in [0.25, 0.3) is 0 Å². The smallest absolute Gasteiger partial charge is 0.416 e. The van der Waals surface area contributed by atoms with Gasteiger partial charge in [-0.15, -0.1) is 0 Å². The maximum Gasteiger partial charge on any atom is 0.416 e. The number of ketones is 1. The third-order valence-electron chi connectivity index (χ3n) is 5.80. The highest BCUT2D eigenvalue weighted by molar-refractivity contribution is 9.10. The number of rotatable bonds is 4. The number of carbonyl (C=O) groups excluding carboxylic acids is 3. The number of hydrogen-bond donors (Lipinski definition) is 0. The fraction of sp³-hybridized carbons (Fsp3) is 0.348. The van der Waals surface area contributed by atoms with Crippen molar-refractivity contribution in [3.05, 3.63) is 70.2 Å². The molecule has 2 aromatic carbocycles. The van der Waals surface area contributed by atoms with Gasteiger partial charge in [-0.3, -0.25) is 9.59 Å². The van der Waals surface area contributed by atoms with Crippen LogP contribution in [0.15, 0.2) is 59.1 Å². The molecule has 2 aromatic rings. The Hall–Kier alpha value is -2.47. The molecule has 1 saturated heterocycles. The van der Waals surface area contributed by atoms with Crippen LogP contribution in [0.1, 0.15) is 36.3 Å². The average molecular weight is 456 g/mol. The molecule has 29 heavy (non-hydrogen) atoms. The molecule has 3 atom stereocenters. The summed E-state index contributed by atoms with van der Waals surface area (Å²) in [6, 6.07) is 17.2. The summed E-state index contributed by atoms with van der Waals surface area (Å²) in [5, 5.41) is 0. The van der Waals surface area contributed by atoms with Gasteiger partial charge in [0.15, 0.2) is 0 Å². The SMILES string of the molecule is O=C1CC[C@@H](C(=O)N2C(=O)OCC2Cc2ccccc2)[C@H](c2ccc(Br)cc2)C1. The molecule has 1 saturated carbocycles. The number of imide groups is 1. The van der Waals surface area contributed by atoms with E-state index >= 15 is 0 Å². The monoisotopic (exact) mass is 455 g/mol. The van der Waals surface area contributed by atoms with Crippen molar-refractivity contribution in [3.63, 3.8) is 0 Å². The lowest BCUT2D eigenvalue weighted by Crippen LogP contribution is -2.46. The molecule has 2 fully saturated rings. The van der Waals surface area contributed by atoms with Crippen molar-refractivity contribution >= 4 is 33.7 Å². The first-order chi connectivity index (χ1) is 14.0. The Balaban J connectivity index is 1.58. The highest BCUT2D eigenvalue weighted by Gasteiger charge is 2.44. The van der Waals surface area contributed by atoms with E-state index in [9.17, 15) is 14.4 Å². The van der Waals surface area contributed by atoms with E-state index < -0.39 is 12.0 Å². The molecule has 2 aliphatic rings. The first-order valence-electron chi connectivity index (χ1n) is 9.84. The zero-order valence-corrected chi connectivity index (χ0v) is 17.5. The Bertz CT molecular complexity index is 912.